The van der Waals surface area contributed by atoms with Gasteiger partial charge in [0, 0.05) is 29.5 Å². The molecule has 0 fully saturated rings. The second-order valence-corrected chi connectivity index (χ2v) is 7.80. The molecule has 1 aliphatic heterocycles. The molecular weight excluding hydrogens is 314 g/mol. The fourth-order valence-electron chi connectivity index (χ4n) is 3.44. The summed E-state index contributed by atoms with van der Waals surface area (Å²) in [5, 5.41) is 16.9. The number of aromatic nitrogens is 2. The first-order chi connectivity index (χ1) is 11.9. The molecule has 1 aromatic heterocycles. The second-order valence-electron chi connectivity index (χ2n) is 7.80. The van der Waals surface area contributed by atoms with Gasteiger partial charge in [0.1, 0.15) is 0 Å². The van der Waals surface area contributed by atoms with Gasteiger partial charge in [0.2, 0.25) is 5.89 Å². The van der Waals surface area contributed by atoms with Crippen LogP contribution in [0.5, 0.6) is 0 Å². The molecule has 25 heavy (non-hydrogen) atoms. The van der Waals surface area contributed by atoms with Crippen molar-refractivity contribution in [2.45, 2.75) is 45.3 Å². The summed E-state index contributed by atoms with van der Waals surface area (Å²) < 4.78 is 5.42. The Balaban J connectivity index is 1.74. The number of rotatable bonds is 2. The fraction of sp³-hybridized carbons (Fsp3) is 0.400. The summed E-state index contributed by atoms with van der Waals surface area (Å²) in [6, 6.07) is 12.6. The molecule has 5 nitrogen and oxygen atoms in total. The van der Waals surface area contributed by atoms with Crippen molar-refractivity contribution in [3.8, 4) is 0 Å². The van der Waals surface area contributed by atoms with E-state index >= 15 is 0 Å². The predicted molar refractivity (Wildman–Crippen MR) is 97.7 cm³/mol. The largest absolute Gasteiger partial charge is 0.391 e. The summed E-state index contributed by atoms with van der Waals surface area (Å²) in [6.07, 6.45) is 0.290. The van der Waals surface area contributed by atoms with Crippen LogP contribution in [0.1, 0.15) is 38.0 Å². The first kappa shape index (κ1) is 16.1. The van der Waals surface area contributed by atoms with Crippen LogP contribution >= 0.6 is 0 Å². The van der Waals surface area contributed by atoms with E-state index in [9.17, 15) is 5.11 Å². The average molecular weight is 337 g/mol. The van der Waals surface area contributed by atoms with Crippen LogP contribution in [0.15, 0.2) is 40.9 Å². The van der Waals surface area contributed by atoms with Gasteiger partial charge in [-0.05, 0) is 10.9 Å². The van der Waals surface area contributed by atoms with Crippen molar-refractivity contribution in [3.63, 3.8) is 0 Å². The van der Waals surface area contributed by atoms with E-state index in [1.54, 1.807) is 0 Å². The van der Waals surface area contributed by atoms with E-state index in [2.05, 4.69) is 66.1 Å². The highest BCUT2D eigenvalue weighted by atomic mass is 16.5. The summed E-state index contributed by atoms with van der Waals surface area (Å²) in [6.45, 7) is 7.26. The van der Waals surface area contributed by atoms with Crippen molar-refractivity contribution >= 4 is 16.5 Å². The first-order valence-corrected chi connectivity index (χ1v) is 8.68. The van der Waals surface area contributed by atoms with E-state index in [4.69, 9.17) is 4.52 Å². The Morgan fingerprint density at radius 3 is 2.76 bits per heavy atom. The van der Waals surface area contributed by atoms with Crippen LogP contribution in [-0.4, -0.2) is 27.9 Å². The molecular formula is C20H23N3O2. The monoisotopic (exact) mass is 337 g/mol. The van der Waals surface area contributed by atoms with Gasteiger partial charge in [-0.1, -0.05) is 62.3 Å². The molecule has 0 aliphatic carbocycles. The fourth-order valence-corrected chi connectivity index (χ4v) is 3.44. The number of anilines is 1. The van der Waals surface area contributed by atoms with Crippen molar-refractivity contribution < 1.29 is 9.63 Å². The molecule has 5 heteroatoms. The van der Waals surface area contributed by atoms with E-state index < -0.39 is 0 Å². The molecule has 2 heterocycles. The Hall–Kier alpha value is -2.40. The number of nitrogens with zero attached hydrogens (tertiary/aromatic N) is 3. The van der Waals surface area contributed by atoms with Crippen molar-refractivity contribution in [3.05, 3.63) is 53.7 Å². The quantitative estimate of drug-likeness (QED) is 0.776. The molecule has 3 aromatic rings. The number of aliphatic hydroxyl groups is 1. The van der Waals surface area contributed by atoms with Gasteiger partial charge in [-0.3, -0.25) is 0 Å². The summed E-state index contributed by atoms with van der Waals surface area (Å²) in [4.78, 5) is 6.72. The van der Waals surface area contributed by atoms with Crippen LogP contribution in [0.2, 0.25) is 0 Å². The minimum atomic E-state index is -0.386. The van der Waals surface area contributed by atoms with Crippen LogP contribution in [-0.2, 0) is 18.4 Å². The number of aliphatic hydroxyl groups excluding tert-OH is 1. The maximum Gasteiger partial charge on any atom is 0.232 e. The van der Waals surface area contributed by atoms with Crippen molar-refractivity contribution in [2.24, 2.45) is 0 Å². The molecule has 4 rings (SSSR count). The topological polar surface area (TPSA) is 62.4 Å². The zero-order chi connectivity index (χ0) is 17.6. The van der Waals surface area contributed by atoms with Gasteiger partial charge in [0.15, 0.2) is 5.82 Å². The second kappa shape index (κ2) is 5.85. The normalized spacial score (nSPS) is 17.8. The van der Waals surface area contributed by atoms with Crippen LogP contribution in [0.25, 0.3) is 10.8 Å². The highest BCUT2D eigenvalue weighted by Crippen LogP contribution is 2.35. The summed E-state index contributed by atoms with van der Waals surface area (Å²) >= 11 is 0. The van der Waals surface area contributed by atoms with Crippen molar-refractivity contribution in [1.29, 1.82) is 0 Å². The van der Waals surface area contributed by atoms with Gasteiger partial charge in [-0.25, -0.2) is 0 Å². The third kappa shape index (κ3) is 3.00. The van der Waals surface area contributed by atoms with Crippen LogP contribution in [0.4, 0.5) is 5.69 Å². The maximum absolute atomic E-state index is 10.3. The van der Waals surface area contributed by atoms with Crippen LogP contribution in [0.3, 0.4) is 0 Å². The summed E-state index contributed by atoms with van der Waals surface area (Å²) in [5.41, 5.74) is 2.17. The van der Waals surface area contributed by atoms with E-state index in [1.807, 2.05) is 6.07 Å². The molecule has 2 aromatic carbocycles. The summed E-state index contributed by atoms with van der Waals surface area (Å²) in [5.74, 6) is 1.29. The zero-order valence-electron chi connectivity index (χ0n) is 14.9. The standard InChI is InChI=1S/C20H23N3O2/c1-20(2,3)19-21-17(22-25-19)12-23-11-15(24)10-14-9-8-13-6-4-5-7-16(13)18(14)23/h4-9,15,24H,10-12H2,1-3H3. The Kier molecular flexibility index (Phi) is 3.76. The summed E-state index contributed by atoms with van der Waals surface area (Å²) in [7, 11) is 0. The number of hydrogen-bond acceptors (Lipinski definition) is 5. The molecule has 0 saturated heterocycles. The number of fused-ring (bicyclic) bond motifs is 3. The third-order valence-corrected chi connectivity index (χ3v) is 4.63. The Morgan fingerprint density at radius 1 is 1.20 bits per heavy atom. The molecule has 0 spiro atoms. The van der Waals surface area contributed by atoms with Gasteiger partial charge in [-0.2, -0.15) is 4.98 Å². The van der Waals surface area contributed by atoms with Gasteiger partial charge in [-0.15, -0.1) is 0 Å². The van der Waals surface area contributed by atoms with Crippen molar-refractivity contribution in [2.75, 3.05) is 11.4 Å². The Morgan fingerprint density at radius 2 is 2.00 bits per heavy atom. The minimum Gasteiger partial charge on any atom is -0.391 e. The molecule has 130 valence electrons. The molecule has 0 amide bonds. The predicted octanol–water partition coefficient (Wildman–Crippen LogP) is 3.44. The van der Waals surface area contributed by atoms with Gasteiger partial charge in [0.05, 0.1) is 12.6 Å². The number of hydrogen-bond donors (Lipinski definition) is 1. The molecule has 1 unspecified atom stereocenters. The first-order valence-electron chi connectivity index (χ1n) is 8.68. The average Bonchev–Trinajstić information content (AvgIpc) is 3.03. The minimum absolute atomic E-state index is 0.169. The number of β-amino-alcohol motifs (C(OH)–C–C–N with tert-alkyl or cyclic N) is 1. The molecule has 1 atom stereocenters. The molecule has 1 N–H and O–H groups in total. The van der Waals surface area contributed by atoms with Gasteiger partial charge >= 0.3 is 0 Å². The highest BCUT2D eigenvalue weighted by molar-refractivity contribution is 5.96. The van der Waals surface area contributed by atoms with E-state index in [0.717, 1.165) is 5.56 Å². The molecule has 0 bridgehead atoms. The third-order valence-electron chi connectivity index (χ3n) is 4.63. The number of benzene rings is 2. The lowest BCUT2D eigenvalue weighted by Crippen LogP contribution is -2.38. The van der Waals surface area contributed by atoms with Crippen molar-refractivity contribution in [1.82, 2.24) is 10.1 Å². The van der Waals surface area contributed by atoms with E-state index in [0.29, 0.717) is 31.2 Å². The SMILES string of the molecule is CC(C)(C)c1nc(CN2CC(O)Cc3ccc4ccccc4c32)no1. The Bertz CT molecular complexity index is 911. The lowest BCUT2D eigenvalue weighted by molar-refractivity contribution is 0.174. The zero-order valence-corrected chi connectivity index (χ0v) is 14.9. The lowest BCUT2D eigenvalue weighted by Gasteiger charge is -2.34. The van der Waals surface area contributed by atoms with E-state index in [-0.39, 0.29) is 11.5 Å². The molecule has 1 aliphatic rings. The van der Waals surface area contributed by atoms with Gasteiger partial charge < -0.3 is 14.5 Å². The van der Waals surface area contributed by atoms with Crippen LogP contribution in [0, 0.1) is 0 Å². The van der Waals surface area contributed by atoms with E-state index in [1.165, 1.54) is 16.5 Å². The molecule has 0 radical (unpaired) electrons. The molecule has 0 saturated carbocycles. The smallest absolute Gasteiger partial charge is 0.232 e. The lowest BCUT2D eigenvalue weighted by atomic mass is 9.95. The van der Waals surface area contributed by atoms with Crippen LogP contribution < -0.4 is 4.90 Å². The Labute approximate surface area is 147 Å². The highest BCUT2D eigenvalue weighted by Gasteiger charge is 2.27. The van der Waals surface area contributed by atoms with Gasteiger partial charge in [0.25, 0.3) is 0 Å². The maximum atomic E-state index is 10.3.